The number of hydrogen-bond donors (Lipinski definition) is 1. The van der Waals surface area contributed by atoms with Gasteiger partial charge in [0.2, 0.25) is 15.9 Å². The number of sulfonamides is 1. The average molecular weight is 425 g/mol. The Labute approximate surface area is 171 Å². The van der Waals surface area contributed by atoms with E-state index in [1.54, 1.807) is 37.3 Å². The molecule has 8 heteroatoms. The molecule has 0 aliphatic rings. The van der Waals surface area contributed by atoms with Gasteiger partial charge in [-0.15, -0.1) is 0 Å². The lowest BCUT2D eigenvalue weighted by Gasteiger charge is -2.30. The van der Waals surface area contributed by atoms with Crippen molar-refractivity contribution in [3.05, 3.63) is 52.5 Å². The maximum absolute atomic E-state index is 12.9. The summed E-state index contributed by atoms with van der Waals surface area (Å²) in [5, 5.41) is 3.10. The molecule has 152 valence electrons. The van der Waals surface area contributed by atoms with Crippen LogP contribution in [0.4, 0.5) is 11.4 Å². The lowest BCUT2D eigenvalue weighted by Crippen LogP contribution is -2.47. The maximum atomic E-state index is 12.9. The number of carbonyl (C=O) groups excluding carboxylic acids is 1. The van der Waals surface area contributed by atoms with E-state index in [-0.39, 0.29) is 0 Å². The van der Waals surface area contributed by atoms with Gasteiger partial charge in [0, 0.05) is 5.69 Å². The highest BCUT2D eigenvalue weighted by Gasteiger charge is 2.31. The third-order valence-electron chi connectivity index (χ3n) is 4.49. The molecule has 0 unspecified atom stereocenters. The van der Waals surface area contributed by atoms with Crippen molar-refractivity contribution in [1.82, 2.24) is 0 Å². The summed E-state index contributed by atoms with van der Waals surface area (Å²) in [6, 6.07) is 9.27. The monoisotopic (exact) mass is 424 g/mol. The number of hydrogen-bond acceptors (Lipinski definition) is 4. The van der Waals surface area contributed by atoms with E-state index in [1.165, 1.54) is 11.4 Å². The number of nitrogens with one attached hydrogen (secondary N) is 1. The molecule has 28 heavy (non-hydrogen) atoms. The zero-order valence-electron chi connectivity index (χ0n) is 16.6. The normalized spacial score (nSPS) is 12.4. The highest BCUT2D eigenvalue weighted by molar-refractivity contribution is 7.92. The largest absolute Gasteiger partial charge is 0.495 e. The summed E-state index contributed by atoms with van der Waals surface area (Å²) in [6.45, 7) is 5.62. The van der Waals surface area contributed by atoms with Crippen LogP contribution in [0, 0.1) is 13.8 Å². The van der Waals surface area contributed by atoms with Gasteiger partial charge in [0.25, 0.3) is 0 Å². The van der Waals surface area contributed by atoms with Crippen LogP contribution in [0.5, 0.6) is 5.75 Å². The second-order valence-electron chi connectivity index (χ2n) is 6.59. The molecule has 0 bridgehead atoms. The third kappa shape index (κ3) is 4.97. The fraction of sp³-hybridized carbons (Fsp3) is 0.350. The van der Waals surface area contributed by atoms with Gasteiger partial charge in [0.15, 0.2) is 0 Å². The first-order chi connectivity index (χ1) is 13.1. The molecular weight excluding hydrogens is 400 g/mol. The number of anilines is 2. The SMILES string of the molecule is CC[C@H](C(=O)Nc1ccc(OC)c(Cl)c1)N(c1ccc(C)c(C)c1)S(C)(=O)=O. The van der Waals surface area contributed by atoms with Crippen molar-refractivity contribution in [2.75, 3.05) is 23.0 Å². The Bertz CT molecular complexity index is 976. The number of amides is 1. The van der Waals surface area contributed by atoms with Gasteiger partial charge in [-0.1, -0.05) is 24.6 Å². The molecule has 0 saturated heterocycles. The summed E-state index contributed by atoms with van der Waals surface area (Å²) < 4.78 is 31.3. The second-order valence-corrected chi connectivity index (χ2v) is 8.86. The number of nitrogens with zero attached hydrogens (tertiary/aromatic N) is 1. The molecule has 0 radical (unpaired) electrons. The van der Waals surface area contributed by atoms with Gasteiger partial charge >= 0.3 is 0 Å². The summed E-state index contributed by atoms with van der Waals surface area (Å²) in [7, 11) is -2.19. The fourth-order valence-electron chi connectivity index (χ4n) is 2.89. The highest BCUT2D eigenvalue weighted by atomic mass is 35.5. The zero-order chi connectivity index (χ0) is 21.1. The minimum Gasteiger partial charge on any atom is -0.495 e. The van der Waals surface area contributed by atoms with Crippen molar-refractivity contribution < 1.29 is 17.9 Å². The summed E-state index contributed by atoms with van der Waals surface area (Å²) >= 11 is 6.11. The fourth-order valence-corrected chi connectivity index (χ4v) is 4.35. The molecule has 0 aliphatic carbocycles. The third-order valence-corrected chi connectivity index (χ3v) is 5.97. The number of methoxy groups -OCH3 is 1. The molecular formula is C20H25ClN2O4S. The van der Waals surface area contributed by atoms with Crippen LogP contribution in [0.1, 0.15) is 24.5 Å². The maximum Gasteiger partial charge on any atom is 0.248 e. The summed E-state index contributed by atoms with van der Waals surface area (Å²) in [5.41, 5.74) is 2.91. The number of carbonyl (C=O) groups is 1. The first-order valence-electron chi connectivity index (χ1n) is 8.79. The number of rotatable bonds is 7. The average Bonchev–Trinajstić information content (AvgIpc) is 2.61. The van der Waals surface area contributed by atoms with Gasteiger partial charge in [-0.3, -0.25) is 9.10 Å². The minimum absolute atomic E-state index is 0.301. The van der Waals surface area contributed by atoms with Crippen molar-refractivity contribution in [1.29, 1.82) is 0 Å². The molecule has 1 amide bonds. The van der Waals surface area contributed by atoms with Gasteiger partial charge in [0.1, 0.15) is 11.8 Å². The molecule has 0 spiro atoms. The Morgan fingerprint density at radius 2 is 1.86 bits per heavy atom. The van der Waals surface area contributed by atoms with Crippen LogP contribution in [-0.2, 0) is 14.8 Å². The molecule has 2 rings (SSSR count). The van der Waals surface area contributed by atoms with E-state index >= 15 is 0 Å². The molecule has 1 atom stereocenters. The Morgan fingerprint density at radius 3 is 2.36 bits per heavy atom. The summed E-state index contributed by atoms with van der Waals surface area (Å²) in [6.07, 6.45) is 1.40. The molecule has 2 aromatic rings. The second kappa shape index (κ2) is 8.84. The molecule has 0 fully saturated rings. The van der Waals surface area contributed by atoms with E-state index in [1.807, 2.05) is 19.9 Å². The predicted molar refractivity (Wildman–Crippen MR) is 114 cm³/mol. The standard InChI is InChI=1S/C20H25ClN2O4S/c1-6-18(20(24)22-15-8-10-19(27-4)17(21)12-15)23(28(5,25)26)16-9-7-13(2)14(3)11-16/h7-12,18H,6H2,1-5H3,(H,22,24)/t18-/m1/s1. The molecule has 0 heterocycles. The number of aryl methyl sites for hydroxylation is 2. The molecule has 2 aromatic carbocycles. The summed E-state index contributed by atoms with van der Waals surface area (Å²) in [5.74, 6) is 0.0481. The topological polar surface area (TPSA) is 75.7 Å². The van der Waals surface area contributed by atoms with Gasteiger partial charge in [-0.2, -0.15) is 0 Å². The number of ether oxygens (including phenoxy) is 1. The van der Waals surface area contributed by atoms with E-state index < -0.39 is 22.0 Å². The minimum atomic E-state index is -3.69. The van der Waals surface area contributed by atoms with Gasteiger partial charge in [-0.25, -0.2) is 8.42 Å². The van der Waals surface area contributed by atoms with Crippen molar-refractivity contribution >= 4 is 38.9 Å². The Kier molecular flexibility index (Phi) is 6.96. The van der Waals surface area contributed by atoms with E-state index in [0.717, 1.165) is 17.4 Å². The molecule has 0 aliphatic heterocycles. The van der Waals surface area contributed by atoms with Crippen molar-refractivity contribution in [3.63, 3.8) is 0 Å². The molecule has 0 saturated carbocycles. The molecule has 0 aromatic heterocycles. The first kappa shape index (κ1) is 22.0. The van der Waals surface area contributed by atoms with E-state index in [9.17, 15) is 13.2 Å². The van der Waals surface area contributed by atoms with Crippen molar-refractivity contribution in [2.24, 2.45) is 0 Å². The number of halogens is 1. The lowest BCUT2D eigenvalue weighted by atomic mass is 10.1. The van der Waals surface area contributed by atoms with Gasteiger partial charge in [0.05, 0.1) is 24.1 Å². The van der Waals surface area contributed by atoms with Gasteiger partial charge < -0.3 is 10.1 Å². The summed E-state index contributed by atoms with van der Waals surface area (Å²) in [4.78, 5) is 12.9. The van der Waals surface area contributed by atoms with Crippen LogP contribution in [-0.4, -0.2) is 33.7 Å². The van der Waals surface area contributed by atoms with Crippen LogP contribution in [0.15, 0.2) is 36.4 Å². The van der Waals surface area contributed by atoms with Crippen LogP contribution in [0.2, 0.25) is 5.02 Å². The Balaban J connectivity index is 2.38. The van der Waals surface area contributed by atoms with E-state index in [2.05, 4.69) is 5.32 Å². The van der Waals surface area contributed by atoms with Gasteiger partial charge in [-0.05, 0) is 61.7 Å². The number of benzene rings is 2. The van der Waals surface area contributed by atoms with E-state index in [4.69, 9.17) is 16.3 Å². The van der Waals surface area contributed by atoms with Crippen molar-refractivity contribution in [3.8, 4) is 5.75 Å². The predicted octanol–water partition coefficient (Wildman–Crippen LogP) is 4.15. The first-order valence-corrected chi connectivity index (χ1v) is 11.0. The smallest absolute Gasteiger partial charge is 0.248 e. The molecule has 1 N–H and O–H groups in total. The van der Waals surface area contributed by atoms with E-state index in [0.29, 0.717) is 28.6 Å². The van der Waals surface area contributed by atoms with Crippen LogP contribution < -0.4 is 14.4 Å². The lowest BCUT2D eigenvalue weighted by molar-refractivity contribution is -0.117. The Hall–Kier alpha value is -2.25. The highest BCUT2D eigenvalue weighted by Crippen LogP contribution is 2.29. The van der Waals surface area contributed by atoms with Crippen LogP contribution in [0.25, 0.3) is 0 Å². The van der Waals surface area contributed by atoms with Crippen molar-refractivity contribution in [2.45, 2.75) is 33.2 Å². The van der Waals surface area contributed by atoms with Crippen LogP contribution >= 0.6 is 11.6 Å². The zero-order valence-corrected chi connectivity index (χ0v) is 18.2. The quantitative estimate of drug-likeness (QED) is 0.724. The molecule has 6 nitrogen and oxygen atoms in total. The Morgan fingerprint density at radius 1 is 1.18 bits per heavy atom. The van der Waals surface area contributed by atoms with Crippen LogP contribution in [0.3, 0.4) is 0 Å².